The Labute approximate surface area is 171 Å². The van der Waals surface area contributed by atoms with Crippen molar-refractivity contribution in [3.05, 3.63) is 89.7 Å². The number of hydrogen-bond acceptors (Lipinski definition) is 3. The van der Waals surface area contributed by atoms with Crippen molar-refractivity contribution in [3.63, 3.8) is 0 Å². The molecule has 156 valence electrons. The zero-order valence-electron chi connectivity index (χ0n) is 15.8. The highest BCUT2D eigenvalue weighted by Crippen LogP contribution is 2.29. The number of rotatable bonds is 6. The van der Waals surface area contributed by atoms with Crippen LogP contribution in [0.1, 0.15) is 17.3 Å². The van der Waals surface area contributed by atoms with Crippen LogP contribution >= 0.6 is 0 Å². The van der Waals surface area contributed by atoms with Gasteiger partial charge in [0.15, 0.2) is 17.5 Å². The van der Waals surface area contributed by atoms with Crippen molar-refractivity contribution in [2.24, 2.45) is 0 Å². The first-order chi connectivity index (χ1) is 14.3. The molecule has 3 rings (SSSR count). The SMILES string of the molecule is CCN(c1ccccc1)S(=O)(=O)c1ccccc1NC(=O)c1ccc(F)c(F)c1F. The van der Waals surface area contributed by atoms with Gasteiger partial charge in [0.2, 0.25) is 0 Å². The summed E-state index contributed by atoms with van der Waals surface area (Å²) in [6.07, 6.45) is 0. The molecule has 0 aliphatic heterocycles. The van der Waals surface area contributed by atoms with Crippen molar-refractivity contribution in [1.29, 1.82) is 0 Å². The van der Waals surface area contributed by atoms with Gasteiger partial charge in [-0.25, -0.2) is 21.6 Å². The summed E-state index contributed by atoms with van der Waals surface area (Å²) in [6, 6.07) is 15.3. The van der Waals surface area contributed by atoms with Crippen LogP contribution < -0.4 is 9.62 Å². The lowest BCUT2D eigenvalue weighted by Crippen LogP contribution is -2.31. The molecule has 0 saturated heterocycles. The van der Waals surface area contributed by atoms with Gasteiger partial charge in [0.1, 0.15) is 4.90 Å². The van der Waals surface area contributed by atoms with E-state index in [1.807, 2.05) is 0 Å². The lowest BCUT2D eigenvalue weighted by molar-refractivity contribution is 0.102. The molecule has 0 aliphatic carbocycles. The maximum atomic E-state index is 14.0. The van der Waals surface area contributed by atoms with Crippen LogP contribution in [0.15, 0.2) is 71.6 Å². The number of halogens is 3. The molecule has 3 aromatic rings. The fourth-order valence-electron chi connectivity index (χ4n) is 2.89. The van der Waals surface area contributed by atoms with Gasteiger partial charge in [0.05, 0.1) is 16.9 Å². The Bertz CT molecular complexity index is 1190. The summed E-state index contributed by atoms with van der Waals surface area (Å²) in [5.41, 5.74) is -0.453. The summed E-state index contributed by atoms with van der Waals surface area (Å²) >= 11 is 0. The van der Waals surface area contributed by atoms with E-state index in [4.69, 9.17) is 0 Å². The number of amides is 1. The molecule has 0 unspecified atom stereocenters. The van der Waals surface area contributed by atoms with E-state index >= 15 is 0 Å². The van der Waals surface area contributed by atoms with Gasteiger partial charge < -0.3 is 5.32 Å². The number of anilines is 2. The fourth-order valence-corrected chi connectivity index (χ4v) is 4.51. The number of hydrogen-bond donors (Lipinski definition) is 1. The summed E-state index contributed by atoms with van der Waals surface area (Å²) in [6.45, 7) is 1.77. The van der Waals surface area contributed by atoms with Crippen LogP contribution in [-0.4, -0.2) is 20.9 Å². The minimum Gasteiger partial charge on any atom is -0.321 e. The quantitative estimate of drug-likeness (QED) is 0.578. The molecule has 0 heterocycles. The molecule has 9 heteroatoms. The van der Waals surface area contributed by atoms with Crippen molar-refractivity contribution in [2.45, 2.75) is 11.8 Å². The van der Waals surface area contributed by atoms with Crippen LogP contribution in [0.3, 0.4) is 0 Å². The minimum absolute atomic E-state index is 0.117. The van der Waals surface area contributed by atoms with Crippen LogP contribution in [0.4, 0.5) is 24.5 Å². The highest BCUT2D eigenvalue weighted by Gasteiger charge is 2.27. The molecule has 0 spiro atoms. The second-order valence-electron chi connectivity index (χ2n) is 6.18. The van der Waals surface area contributed by atoms with Crippen LogP contribution in [0.5, 0.6) is 0 Å². The third kappa shape index (κ3) is 4.02. The van der Waals surface area contributed by atoms with Crippen LogP contribution in [0.2, 0.25) is 0 Å². The van der Waals surface area contributed by atoms with E-state index in [1.54, 1.807) is 37.3 Å². The molecule has 0 aromatic heterocycles. The monoisotopic (exact) mass is 434 g/mol. The molecule has 0 aliphatic rings. The van der Waals surface area contributed by atoms with E-state index in [0.717, 1.165) is 10.4 Å². The largest absolute Gasteiger partial charge is 0.321 e. The van der Waals surface area contributed by atoms with Crippen molar-refractivity contribution in [3.8, 4) is 0 Å². The Morgan fingerprint density at radius 1 is 0.900 bits per heavy atom. The average Bonchev–Trinajstić information content (AvgIpc) is 2.73. The summed E-state index contributed by atoms with van der Waals surface area (Å²) in [5, 5.41) is 2.28. The minimum atomic E-state index is -4.10. The van der Waals surface area contributed by atoms with Gasteiger partial charge in [-0.1, -0.05) is 30.3 Å². The Balaban J connectivity index is 2.00. The molecule has 0 bridgehead atoms. The summed E-state index contributed by atoms with van der Waals surface area (Å²) in [4.78, 5) is 12.2. The zero-order valence-corrected chi connectivity index (χ0v) is 16.6. The molecule has 0 saturated carbocycles. The molecule has 1 N–H and O–H groups in total. The van der Waals surface area contributed by atoms with Gasteiger partial charge in [-0.15, -0.1) is 0 Å². The van der Waals surface area contributed by atoms with Gasteiger partial charge in [-0.05, 0) is 43.3 Å². The molecule has 30 heavy (non-hydrogen) atoms. The smallest absolute Gasteiger partial charge is 0.266 e. The maximum Gasteiger partial charge on any atom is 0.266 e. The zero-order chi connectivity index (χ0) is 21.9. The first-order valence-electron chi connectivity index (χ1n) is 8.89. The molecule has 0 radical (unpaired) electrons. The Kier molecular flexibility index (Phi) is 6.12. The highest BCUT2D eigenvalue weighted by molar-refractivity contribution is 7.93. The highest BCUT2D eigenvalue weighted by atomic mass is 32.2. The van der Waals surface area contributed by atoms with Crippen molar-refractivity contribution in [2.75, 3.05) is 16.2 Å². The molecular formula is C21H17F3N2O3S. The molecule has 0 fully saturated rings. The molecule has 0 atom stereocenters. The summed E-state index contributed by atoms with van der Waals surface area (Å²) in [5.74, 6) is -6.00. The predicted octanol–water partition coefficient (Wildman–Crippen LogP) is 4.57. The van der Waals surface area contributed by atoms with Gasteiger partial charge in [0, 0.05) is 6.54 Å². The second-order valence-corrected chi connectivity index (χ2v) is 8.01. The lowest BCUT2D eigenvalue weighted by atomic mass is 10.1. The van der Waals surface area contributed by atoms with E-state index in [0.29, 0.717) is 11.8 Å². The lowest BCUT2D eigenvalue weighted by Gasteiger charge is -2.24. The van der Waals surface area contributed by atoms with E-state index in [2.05, 4.69) is 5.32 Å². The standard InChI is InChI=1S/C21H17F3N2O3S/c1-2-26(14-8-4-3-5-9-14)30(28,29)18-11-7-6-10-17(18)25-21(27)15-12-13-16(22)20(24)19(15)23/h3-13H,2H2,1H3,(H,25,27). The first kappa shape index (κ1) is 21.4. The first-order valence-corrected chi connectivity index (χ1v) is 10.3. The molecule has 3 aromatic carbocycles. The average molecular weight is 434 g/mol. The van der Waals surface area contributed by atoms with Gasteiger partial charge in [-0.2, -0.15) is 0 Å². The van der Waals surface area contributed by atoms with E-state index in [-0.39, 0.29) is 17.1 Å². The number of sulfonamides is 1. The fraction of sp³-hybridized carbons (Fsp3) is 0.0952. The van der Waals surface area contributed by atoms with Crippen molar-refractivity contribution in [1.82, 2.24) is 0 Å². The van der Waals surface area contributed by atoms with Gasteiger partial charge in [0.25, 0.3) is 15.9 Å². The third-order valence-electron chi connectivity index (χ3n) is 4.31. The number of benzene rings is 3. The van der Waals surface area contributed by atoms with E-state index in [9.17, 15) is 26.4 Å². The van der Waals surface area contributed by atoms with Crippen LogP contribution in [0, 0.1) is 17.5 Å². The van der Waals surface area contributed by atoms with E-state index < -0.39 is 38.9 Å². The number of carbonyl (C=O) groups is 1. The predicted molar refractivity (Wildman–Crippen MR) is 107 cm³/mol. The normalized spacial score (nSPS) is 11.2. The Hall–Kier alpha value is -3.33. The molecule has 5 nitrogen and oxygen atoms in total. The van der Waals surface area contributed by atoms with Gasteiger partial charge >= 0.3 is 0 Å². The van der Waals surface area contributed by atoms with Gasteiger partial charge in [-0.3, -0.25) is 9.10 Å². The van der Waals surface area contributed by atoms with Crippen molar-refractivity contribution < 1.29 is 26.4 Å². The van der Waals surface area contributed by atoms with Crippen LogP contribution in [0.25, 0.3) is 0 Å². The topological polar surface area (TPSA) is 66.5 Å². The maximum absolute atomic E-state index is 14.0. The van der Waals surface area contributed by atoms with Crippen LogP contribution in [-0.2, 0) is 10.0 Å². The van der Waals surface area contributed by atoms with Crippen molar-refractivity contribution >= 4 is 27.3 Å². The number of nitrogens with one attached hydrogen (secondary N) is 1. The summed E-state index contributed by atoms with van der Waals surface area (Å²) in [7, 11) is -4.10. The molecular weight excluding hydrogens is 417 g/mol. The Morgan fingerprint density at radius 3 is 2.20 bits per heavy atom. The van der Waals surface area contributed by atoms with E-state index in [1.165, 1.54) is 24.3 Å². The molecule has 1 amide bonds. The number of carbonyl (C=O) groups excluding carboxylic acids is 1. The Morgan fingerprint density at radius 2 is 1.53 bits per heavy atom. The number of nitrogens with zero attached hydrogens (tertiary/aromatic N) is 1. The number of para-hydroxylation sites is 2. The third-order valence-corrected chi connectivity index (χ3v) is 6.28. The summed E-state index contributed by atoms with van der Waals surface area (Å²) < 4.78 is 68.2. The second kappa shape index (κ2) is 8.58.